The van der Waals surface area contributed by atoms with Crippen LogP contribution in [0.4, 0.5) is 5.00 Å². The van der Waals surface area contributed by atoms with Crippen molar-refractivity contribution in [3.8, 4) is 0 Å². The lowest BCUT2D eigenvalue weighted by Crippen LogP contribution is -2.38. The number of nitrogens with one attached hydrogen (secondary N) is 2. The van der Waals surface area contributed by atoms with Crippen LogP contribution in [0.25, 0.3) is 0 Å². The number of ether oxygens (including phenoxy) is 1. The molecule has 0 unspecified atom stereocenters. The second kappa shape index (κ2) is 6.89. The van der Waals surface area contributed by atoms with E-state index in [1.165, 1.54) is 0 Å². The number of hydrogen-bond donors (Lipinski definition) is 2. The first kappa shape index (κ1) is 15.0. The minimum absolute atomic E-state index is 0.163. The molecule has 0 radical (unpaired) electrons. The maximum absolute atomic E-state index is 11.5. The van der Waals surface area contributed by atoms with Gasteiger partial charge in [-0.25, -0.2) is 5.43 Å². The predicted octanol–water partition coefficient (Wildman–Crippen LogP) is 0.313. The lowest BCUT2D eigenvalue weighted by molar-refractivity contribution is -0.139. The molecule has 2 heterocycles. The highest BCUT2D eigenvalue weighted by Crippen LogP contribution is 2.25. The number of hydrazone groups is 1. The molecule has 7 nitrogen and oxygen atoms in total. The average Bonchev–Trinajstić information content (AvgIpc) is 3.23. The Balaban J connectivity index is 1.48. The van der Waals surface area contributed by atoms with E-state index >= 15 is 0 Å². The second-order valence-corrected chi connectivity index (χ2v) is 6.32. The molecule has 0 aromatic carbocycles. The van der Waals surface area contributed by atoms with E-state index in [1.54, 1.807) is 17.6 Å². The highest BCUT2D eigenvalue weighted by molar-refractivity contribution is 7.17. The highest BCUT2D eigenvalue weighted by Gasteiger charge is 2.26. The minimum atomic E-state index is -0.729. The van der Waals surface area contributed by atoms with Gasteiger partial charge in [-0.3, -0.25) is 9.59 Å². The number of anilines is 1. The molecule has 1 aromatic rings. The molecule has 0 bridgehead atoms. The molecule has 22 heavy (non-hydrogen) atoms. The molecule has 1 saturated carbocycles. The van der Waals surface area contributed by atoms with E-state index in [-0.39, 0.29) is 6.04 Å². The minimum Gasteiger partial charge on any atom is -0.378 e. The number of carbonyl (C=O) groups excluding carboxylic acids is 2. The number of carbonyl (C=O) groups is 2. The number of nitrogens with zero attached hydrogens (tertiary/aromatic N) is 2. The summed E-state index contributed by atoms with van der Waals surface area (Å²) in [6, 6.07) is 4.13. The van der Waals surface area contributed by atoms with Gasteiger partial charge in [-0.15, -0.1) is 11.3 Å². The first-order valence-electron chi connectivity index (χ1n) is 7.29. The Labute approximate surface area is 132 Å². The summed E-state index contributed by atoms with van der Waals surface area (Å²) in [6.45, 7) is 3.26. The Hall–Kier alpha value is -1.93. The largest absolute Gasteiger partial charge is 0.378 e. The van der Waals surface area contributed by atoms with Crippen molar-refractivity contribution < 1.29 is 14.3 Å². The zero-order valence-electron chi connectivity index (χ0n) is 12.1. The van der Waals surface area contributed by atoms with Crippen molar-refractivity contribution >= 4 is 34.4 Å². The Morgan fingerprint density at radius 1 is 1.27 bits per heavy atom. The maximum Gasteiger partial charge on any atom is 0.329 e. The van der Waals surface area contributed by atoms with E-state index in [1.807, 2.05) is 12.1 Å². The Kier molecular flexibility index (Phi) is 4.69. The van der Waals surface area contributed by atoms with Gasteiger partial charge in [0.05, 0.1) is 24.4 Å². The fraction of sp³-hybridized carbons (Fsp3) is 0.500. The fourth-order valence-corrected chi connectivity index (χ4v) is 2.98. The smallest absolute Gasteiger partial charge is 0.329 e. The zero-order chi connectivity index (χ0) is 15.4. The van der Waals surface area contributed by atoms with Crippen molar-refractivity contribution in [2.75, 3.05) is 31.2 Å². The fourth-order valence-electron chi connectivity index (χ4n) is 2.05. The van der Waals surface area contributed by atoms with Gasteiger partial charge in [-0.1, -0.05) is 0 Å². The third kappa shape index (κ3) is 4.05. The van der Waals surface area contributed by atoms with Crippen LogP contribution in [0.3, 0.4) is 0 Å². The molecule has 1 saturated heterocycles. The van der Waals surface area contributed by atoms with Crippen LogP contribution in [0.15, 0.2) is 17.2 Å². The first-order chi connectivity index (χ1) is 10.7. The molecule has 118 valence electrons. The van der Waals surface area contributed by atoms with Gasteiger partial charge in [-0.2, -0.15) is 5.10 Å². The van der Waals surface area contributed by atoms with Crippen molar-refractivity contribution in [3.63, 3.8) is 0 Å². The van der Waals surface area contributed by atoms with Crippen molar-refractivity contribution in [1.29, 1.82) is 0 Å². The SMILES string of the molecule is O=C(N/N=C\c1ccc(N2CCOCC2)s1)C(=O)NC1CC1. The summed E-state index contributed by atoms with van der Waals surface area (Å²) in [7, 11) is 0. The van der Waals surface area contributed by atoms with Gasteiger partial charge >= 0.3 is 11.8 Å². The summed E-state index contributed by atoms with van der Waals surface area (Å²) in [5, 5.41) is 7.59. The van der Waals surface area contributed by atoms with Crippen LogP contribution in [0.1, 0.15) is 17.7 Å². The van der Waals surface area contributed by atoms with E-state index in [0.29, 0.717) is 0 Å². The van der Waals surface area contributed by atoms with Gasteiger partial charge < -0.3 is 15.0 Å². The molecule has 0 atom stereocenters. The molecule has 0 spiro atoms. The first-order valence-corrected chi connectivity index (χ1v) is 8.10. The number of hydrogen-bond acceptors (Lipinski definition) is 6. The average molecular weight is 322 g/mol. The lowest BCUT2D eigenvalue weighted by atomic mass is 10.4. The molecule has 8 heteroatoms. The molecule has 1 aliphatic carbocycles. The van der Waals surface area contributed by atoms with Crippen LogP contribution in [-0.2, 0) is 14.3 Å². The van der Waals surface area contributed by atoms with Gasteiger partial charge in [0.15, 0.2) is 0 Å². The van der Waals surface area contributed by atoms with Crippen LogP contribution in [-0.4, -0.2) is 50.4 Å². The molecule has 2 N–H and O–H groups in total. The number of amides is 2. The molecule has 2 fully saturated rings. The molecule has 2 amide bonds. The van der Waals surface area contributed by atoms with E-state index in [9.17, 15) is 9.59 Å². The van der Waals surface area contributed by atoms with Crippen LogP contribution >= 0.6 is 11.3 Å². The normalized spacial score (nSPS) is 18.5. The van der Waals surface area contributed by atoms with E-state index in [2.05, 4.69) is 20.7 Å². The van der Waals surface area contributed by atoms with Gasteiger partial charge in [0.1, 0.15) is 0 Å². The monoisotopic (exact) mass is 322 g/mol. The third-order valence-corrected chi connectivity index (χ3v) is 4.49. The summed E-state index contributed by atoms with van der Waals surface area (Å²) in [4.78, 5) is 26.1. The number of rotatable bonds is 4. The summed E-state index contributed by atoms with van der Waals surface area (Å²) >= 11 is 1.59. The van der Waals surface area contributed by atoms with Crippen molar-refractivity contribution in [3.05, 3.63) is 17.0 Å². The van der Waals surface area contributed by atoms with E-state index in [4.69, 9.17) is 4.74 Å². The molecular formula is C14H18N4O3S. The molecular weight excluding hydrogens is 304 g/mol. The van der Waals surface area contributed by atoms with E-state index in [0.717, 1.165) is 49.0 Å². The van der Waals surface area contributed by atoms with Gasteiger partial charge in [0.25, 0.3) is 0 Å². The summed E-state index contributed by atoms with van der Waals surface area (Å²) in [6.07, 6.45) is 3.44. The second-order valence-electron chi connectivity index (χ2n) is 5.22. The van der Waals surface area contributed by atoms with Crippen molar-refractivity contribution in [1.82, 2.24) is 10.7 Å². The number of morpholine rings is 1. The van der Waals surface area contributed by atoms with Gasteiger partial charge in [0.2, 0.25) is 0 Å². The summed E-state index contributed by atoms with van der Waals surface area (Å²) in [5.41, 5.74) is 2.24. The van der Waals surface area contributed by atoms with Crippen LogP contribution in [0.2, 0.25) is 0 Å². The predicted molar refractivity (Wildman–Crippen MR) is 84.3 cm³/mol. The molecule has 2 aliphatic rings. The third-order valence-electron chi connectivity index (χ3n) is 3.41. The lowest BCUT2D eigenvalue weighted by Gasteiger charge is -2.27. The molecule has 3 rings (SSSR count). The van der Waals surface area contributed by atoms with Crippen molar-refractivity contribution in [2.24, 2.45) is 5.10 Å². The topological polar surface area (TPSA) is 83.0 Å². The zero-order valence-corrected chi connectivity index (χ0v) is 12.9. The standard InChI is InChI=1S/C14H18N4O3S/c19-13(16-10-1-2-10)14(20)17-15-9-11-3-4-12(22-11)18-5-7-21-8-6-18/h3-4,9-10H,1-2,5-8H2,(H,16,19)(H,17,20)/b15-9-. The van der Waals surface area contributed by atoms with Gasteiger partial charge in [0, 0.05) is 24.0 Å². The molecule has 1 aliphatic heterocycles. The Morgan fingerprint density at radius 2 is 2.05 bits per heavy atom. The maximum atomic E-state index is 11.5. The quantitative estimate of drug-likeness (QED) is 0.475. The van der Waals surface area contributed by atoms with Crippen molar-refractivity contribution in [2.45, 2.75) is 18.9 Å². The van der Waals surface area contributed by atoms with E-state index < -0.39 is 11.8 Å². The number of thiophene rings is 1. The summed E-state index contributed by atoms with van der Waals surface area (Å²) < 4.78 is 5.32. The molecule has 1 aromatic heterocycles. The summed E-state index contributed by atoms with van der Waals surface area (Å²) in [5.74, 6) is -1.35. The Bertz CT molecular complexity index is 576. The van der Waals surface area contributed by atoms with Crippen LogP contribution < -0.4 is 15.6 Å². The Morgan fingerprint density at radius 3 is 2.77 bits per heavy atom. The highest BCUT2D eigenvalue weighted by atomic mass is 32.1. The van der Waals surface area contributed by atoms with Gasteiger partial charge in [-0.05, 0) is 25.0 Å². The van der Waals surface area contributed by atoms with Crippen LogP contribution in [0, 0.1) is 0 Å². The van der Waals surface area contributed by atoms with Crippen LogP contribution in [0.5, 0.6) is 0 Å².